The summed E-state index contributed by atoms with van der Waals surface area (Å²) >= 11 is 0. The summed E-state index contributed by atoms with van der Waals surface area (Å²) < 4.78 is 17.2. The lowest BCUT2D eigenvalue weighted by Gasteiger charge is -2.27. The molecule has 0 unspecified atom stereocenters. The van der Waals surface area contributed by atoms with Crippen molar-refractivity contribution < 1.29 is 23.8 Å². The molecule has 2 fully saturated rings. The summed E-state index contributed by atoms with van der Waals surface area (Å²) in [5.41, 5.74) is 2.54. The molecular formula is C22H30O5. The molecular weight excluding hydrogens is 344 g/mol. The van der Waals surface area contributed by atoms with E-state index in [1.807, 2.05) is 6.92 Å². The lowest BCUT2D eigenvalue weighted by molar-refractivity contribution is -0.157. The van der Waals surface area contributed by atoms with E-state index < -0.39 is 18.2 Å². The minimum absolute atomic E-state index is 0.0650. The van der Waals surface area contributed by atoms with Crippen LogP contribution in [0.2, 0.25) is 0 Å². The van der Waals surface area contributed by atoms with Gasteiger partial charge in [-0.15, -0.1) is 0 Å². The molecule has 0 bridgehead atoms. The fourth-order valence-corrected chi connectivity index (χ4v) is 4.17. The van der Waals surface area contributed by atoms with Gasteiger partial charge in [-0.05, 0) is 58.4 Å². The van der Waals surface area contributed by atoms with Crippen LogP contribution in [-0.2, 0) is 23.8 Å². The van der Waals surface area contributed by atoms with Gasteiger partial charge in [-0.1, -0.05) is 24.3 Å². The second-order valence-corrected chi connectivity index (χ2v) is 8.26. The Bertz CT molecular complexity index is 703. The van der Waals surface area contributed by atoms with Gasteiger partial charge in [-0.3, -0.25) is 4.79 Å². The Balaban J connectivity index is 1.92. The highest BCUT2D eigenvalue weighted by atomic mass is 16.6. The highest BCUT2D eigenvalue weighted by Crippen LogP contribution is 2.47. The summed E-state index contributed by atoms with van der Waals surface area (Å²) in [7, 11) is 0. The maximum atomic E-state index is 12.2. The molecule has 2 aliphatic heterocycles. The average molecular weight is 374 g/mol. The molecule has 0 aromatic rings. The molecule has 2 heterocycles. The van der Waals surface area contributed by atoms with E-state index in [0.717, 1.165) is 31.3 Å². The van der Waals surface area contributed by atoms with Gasteiger partial charge >= 0.3 is 11.9 Å². The Morgan fingerprint density at radius 1 is 1.30 bits per heavy atom. The molecule has 0 aromatic heterocycles. The van der Waals surface area contributed by atoms with Gasteiger partial charge in [-0.25, -0.2) is 4.79 Å². The Morgan fingerprint density at radius 2 is 2.04 bits per heavy atom. The number of esters is 2. The zero-order valence-corrected chi connectivity index (χ0v) is 16.7. The minimum Gasteiger partial charge on any atom is -0.454 e. The third-order valence-electron chi connectivity index (χ3n) is 6.03. The van der Waals surface area contributed by atoms with Crippen molar-refractivity contribution in [2.45, 2.75) is 83.7 Å². The molecule has 0 N–H and O–H groups in total. The normalized spacial score (nSPS) is 41.0. The number of hydrogen-bond acceptors (Lipinski definition) is 5. The molecule has 1 aliphatic carbocycles. The zero-order valence-electron chi connectivity index (χ0n) is 16.7. The van der Waals surface area contributed by atoms with Crippen LogP contribution in [0.5, 0.6) is 0 Å². The molecule has 27 heavy (non-hydrogen) atoms. The van der Waals surface area contributed by atoms with Crippen LogP contribution in [0.15, 0.2) is 35.5 Å². The highest BCUT2D eigenvalue weighted by molar-refractivity contribution is 5.91. The van der Waals surface area contributed by atoms with Crippen LogP contribution < -0.4 is 0 Å². The van der Waals surface area contributed by atoms with Crippen LogP contribution in [0.1, 0.15) is 59.8 Å². The number of allylic oxidation sites excluding steroid dienone is 3. The van der Waals surface area contributed by atoms with Crippen LogP contribution in [-0.4, -0.2) is 35.9 Å². The monoisotopic (exact) mass is 374 g/mol. The van der Waals surface area contributed by atoms with Crippen molar-refractivity contribution in [2.75, 3.05) is 0 Å². The van der Waals surface area contributed by atoms with Crippen LogP contribution in [0.4, 0.5) is 0 Å². The molecule has 3 aliphatic rings. The molecule has 0 radical (unpaired) electrons. The lowest BCUT2D eigenvalue weighted by Crippen LogP contribution is -2.37. The van der Waals surface area contributed by atoms with Crippen LogP contribution in [0, 0.1) is 5.92 Å². The SMILES string of the molecule is C=C1C(=O)O[C@H]2[C@H]1C[C@@H]1O[C@@]1(C)CC/C=C(/C)CC/C=C(/C)[C@@H]2OC(C)=O. The summed E-state index contributed by atoms with van der Waals surface area (Å²) in [6.45, 7) is 11.5. The molecule has 0 saturated carbocycles. The van der Waals surface area contributed by atoms with E-state index in [4.69, 9.17) is 14.2 Å². The highest BCUT2D eigenvalue weighted by Gasteiger charge is 2.55. The van der Waals surface area contributed by atoms with Gasteiger partial charge in [0, 0.05) is 18.4 Å². The fraction of sp³-hybridized carbons (Fsp3) is 0.636. The summed E-state index contributed by atoms with van der Waals surface area (Å²) in [5.74, 6) is -0.999. The summed E-state index contributed by atoms with van der Waals surface area (Å²) in [4.78, 5) is 23.9. The first-order chi connectivity index (χ1) is 12.7. The fourth-order valence-electron chi connectivity index (χ4n) is 4.17. The largest absolute Gasteiger partial charge is 0.454 e. The predicted octanol–water partition coefficient (Wildman–Crippen LogP) is 4.03. The topological polar surface area (TPSA) is 65.1 Å². The molecule has 0 aromatic carbocycles. The molecule has 5 heteroatoms. The Labute approximate surface area is 161 Å². The van der Waals surface area contributed by atoms with Gasteiger partial charge in [0.1, 0.15) is 6.10 Å². The number of epoxide rings is 1. The number of hydrogen-bond donors (Lipinski definition) is 0. The molecule has 2 saturated heterocycles. The first-order valence-electron chi connectivity index (χ1n) is 9.78. The third kappa shape index (κ3) is 4.34. The number of rotatable bonds is 1. The molecule has 0 amide bonds. The van der Waals surface area contributed by atoms with Crippen LogP contribution in [0.3, 0.4) is 0 Å². The first kappa shape index (κ1) is 19.9. The molecule has 148 valence electrons. The van der Waals surface area contributed by atoms with Crippen molar-refractivity contribution in [1.29, 1.82) is 0 Å². The van der Waals surface area contributed by atoms with E-state index in [9.17, 15) is 9.59 Å². The van der Waals surface area contributed by atoms with E-state index in [0.29, 0.717) is 12.0 Å². The van der Waals surface area contributed by atoms with Crippen molar-refractivity contribution in [3.8, 4) is 0 Å². The zero-order chi connectivity index (χ0) is 19.8. The standard InChI is InChI=1S/C22H30O5/c1-13-8-6-10-14(2)19(25-16(4)23)20-17(15(3)21(24)26-20)12-18-22(5,27-18)11-7-9-13/h9-10,17-20H,3,6-8,11-12H2,1-2,4-5H3/b13-9-,14-10-/t17-,18-,19-,20-,22-/m0/s1. The van der Waals surface area contributed by atoms with Gasteiger partial charge in [0.25, 0.3) is 0 Å². The van der Waals surface area contributed by atoms with E-state index in [2.05, 4.69) is 32.6 Å². The first-order valence-corrected chi connectivity index (χ1v) is 9.78. The number of fused-ring (bicyclic) bond motifs is 2. The number of carbonyl (C=O) groups excluding carboxylic acids is 2. The van der Waals surface area contributed by atoms with Crippen molar-refractivity contribution >= 4 is 11.9 Å². The van der Waals surface area contributed by atoms with Crippen molar-refractivity contribution in [3.63, 3.8) is 0 Å². The van der Waals surface area contributed by atoms with Crippen LogP contribution >= 0.6 is 0 Å². The van der Waals surface area contributed by atoms with Gasteiger partial charge in [0.05, 0.1) is 11.7 Å². The van der Waals surface area contributed by atoms with Crippen molar-refractivity contribution in [1.82, 2.24) is 0 Å². The second kappa shape index (κ2) is 7.63. The molecule has 0 spiro atoms. The maximum Gasteiger partial charge on any atom is 0.334 e. The summed E-state index contributed by atoms with van der Waals surface area (Å²) in [5, 5.41) is 0. The average Bonchev–Trinajstić information content (AvgIpc) is 3.14. The maximum absolute atomic E-state index is 12.2. The van der Waals surface area contributed by atoms with Gasteiger partial charge in [0.2, 0.25) is 0 Å². The summed E-state index contributed by atoms with van der Waals surface area (Å²) in [6.07, 6.45) is 7.70. The summed E-state index contributed by atoms with van der Waals surface area (Å²) in [6, 6.07) is 0. The molecule has 3 rings (SSSR count). The smallest absolute Gasteiger partial charge is 0.334 e. The predicted molar refractivity (Wildman–Crippen MR) is 102 cm³/mol. The Morgan fingerprint density at radius 3 is 2.74 bits per heavy atom. The minimum atomic E-state index is -0.590. The second-order valence-electron chi connectivity index (χ2n) is 8.26. The lowest BCUT2D eigenvalue weighted by atomic mass is 9.84. The van der Waals surface area contributed by atoms with E-state index in [1.165, 1.54) is 12.5 Å². The molecule has 5 nitrogen and oxygen atoms in total. The van der Waals surface area contributed by atoms with Crippen molar-refractivity contribution in [2.24, 2.45) is 5.92 Å². The van der Waals surface area contributed by atoms with Crippen LogP contribution in [0.25, 0.3) is 0 Å². The van der Waals surface area contributed by atoms with Gasteiger partial charge in [0.15, 0.2) is 6.10 Å². The number of carbonyl (C=O) groups is 2. The Hall–Kier alpha value is -1.88. The Kier molecular flexibility index (Phi) is 5.61. The van der Waals surface area contributed by atoms with E-state index >= 15 is 0 Å². The third-order valence-corrected chi connectivity index (χ3v) is 6.03. The molecule has 5 atom stereocenters. The van der Waals surface area contributed by atoms with Crippen molar-refractivity contribution in [3.05, 3.63) is 35.5 Å². The van der Waals surface area contributed by atoms with E-state index in [1.54, 1.807) is 0 Å². The van der Waals surface area contributed by atoms with Gasteiger partial charge in [-0.2, -0.15) is 0 Å². The quantitative estimate of drug-likeness (QED) is 0.300. The number of ether oxygens (including phenoxy) is 3. The van der Waals surface area contributed by atoms with Gasteiger partial charge < -0.3 is 14.2 Å². The van der Waals surface area contributed by atoms with E-state index in [-0.39, 0.29) is 23.6 Å².